The zero-order valence-corrected chi connectivity index (χ0v) is 12.4. The highest BCUT2D eigenvalue weighted by Crippen LogP contribution is 2.40. The van der Waals surface area contributed by atoms with Crippen LogP contribution in [0.3, 0.4) is 0 Å². The van der Waals surface area contributed by atoms with E-state index < -0.39 is 0 Å². The minimum atomic E-state index is -0.0938. The molecular formula is C17H25FN2. The zero-order valence-electron chi connectivity index (χ0n) is 12.4. The minimum absolute atomic E-state index is 0.0938. The molecule has 20 heavy (non-hydrogen) atoms. The minimum Gasteiger partial charge on any atom is -0.314 e. The van der Waals surface area contributed by atoms with Gasteiger partial charge in [-0.05, 0) is 48.9 Å². The lowest BCUT2D eigenvalue weighted by Crippen LogP contribution is -2.46. The van der Waals surface area contributed by atoms with Crippen molar-refractivity contribution in [2.75, 3.05) is 26.2 Å². The standard InChI is InChI=1S/C17H25FN2/c1-13-6-7-15(18)12-16(13)17(14-4-2-3-5-14)20-10-8-19-9-11-20/h6-7,12,14,17,19H,2-5,8-11H2,1H3/t17-/m0/s1. The fourth-order valence-corrected chi connectivity index (χ4v) is 3.91. The van der Waals surface area contributed by atoms with Crippen LogP contribution in [0.2, 0.25) is 0 Å². The molecule has 1 saturated heterocycles. The Bertz CT molecular complexity index is 448. The lowest BCUT2D eigenvalue weighted by Gasteiger charge is -2.39. The molecule has 0 spiro atoms. The Morgan fingerprint density at radius 2 is 1.90 bits per heavy atom. The van der Waals surface area contributed by atoms with E-state index in [1.807, 2.05) is 6.07 Å². The average Bonchev–Trinajstić information content (AvgIpc) is 2.98. The third-order valence-corrected chi connectivity index (χ3v) is 4.95. The van der Waals surface area contributed by atoms with E-state index in [2.05, 4.69) is 17.1 Å². The first-order chi connectivity index (χ1) is 9.75. The highest BCUT2D eigenvalue weighted by molar-refractivity contribution is 5.30. The lowest BCUT2D eigenvalue weighted by atomic mass is 9.87. The van der Waals surface area contributed by atoms with Gasteiger partial charge in [-0.3, -0.25) is 4.90 Å². The first-order valence-electron chi connectivity index (χ1n) is 7.96. The fraction of sp³-hybridized carbons (Fsp3) is 0.647. The summed E-state index contributed by atoms with van der Waals surface area (Å²) in [6, 6.07) is 5.72. The summed E-state index contributed by atoms with van der Waals surface area (Å²) < 4.78 is 13.7. The Balaban J connectivity index is 1.92. The monoisotopic (exact) mass is 276 g/mol. The first-order valence-corrected chi connectivity index (χ1v) is 7.96. The maximum absolute atomic E-state index is 13.7. The molecule has 1 aliphatic carbocycles. The van der Waals surface area contributed by atoms with Gasteiger partial charge in [0.05, 0.1) is 0 Å². The molecular weight excluding hydrogens is 251 g/mol. The molecule has 1 heterocycles. The van der Waals surface area contributed by atoms with Gasteiger partial charge in [-0.2, -0.15) is 0 Å². The number of aryl methyl sites for hydroxylation is 1. The number of nitrogens with one attached hydrogen (secondary N) is 1. The van der Waals surface area contributed by atoms with Crippen molar-refractivity contribution >= 4 is 0 Å². The molecule has 2 aliphatic rings. The van der Waals surface area contributed by atoms with Crippen LogP contribution in [0.5, 0.6) is 0 Å². The quantitative estimate of drug-likeness (QED) is 0.911. The smallest absolute Gasteiger partial charge is 0.123 e. The van der Waals surface area contributed by atoms with E-state index >= 15 is 0 Å². The van der Waals surface area contributed by atoms with Crippen molar-refractivity contribution in [2.45, 2.75) is 38.6 Å². The number of hydrogen-bond acceptors (Lipinski definition) is 2. The second-order valence-electron chi connectivity index (χ2n) is 6.28. The number of piperazine rings is 1. The normalized spacial score (nSPS) is 23.1. The second kappa shape index (κ2) is 6.23. The Morgan fingerprint density at radius 1 is 1.20 bits per heavy atom. The highest BCUT2D eigenvalue weighted by Gasteiger charge is 2.32. The van der Waals surface area contributed by atoms with Gasteiger partial charge in [0.25, 0.3) is 0 Å². The van der Waals surface area contributed by atoms with Gasteiger partial charge in [-0.1, -0.05) is 18.9 Å². The van der Waals surface area contributed by atoms with E-state index in [-0.39, 0.29) is 5.82 Å². The van der Waals surface area contributed by atoms with Gasteiger partial charge >= 0.3 is 0 Å². The predicted octanol–water partition coefficient (Wildman–Crippen LogP) is 3.27. The van der Waals surface area contributed by atoms with Crippen molar-refractivity contribution in [3.05, 3.63) is 35.1 Å². The predicted molar refractivity (Wildman–Crippen MR) is 80.3 cm³/mol. The molecule has 1 atom stereocenters. The van der Waals surface area contributed by atoms with Crippen molar-refractivity contribution in [1.29, 1.82) is 0 Å². The van der Waals surface area contributed by atoms with Gasteiger partial charge in [0, 0.05) is 32.2 Å². The molecule has 1 aliphatic heterocycles. The Kier molecular flexibility index (Phi) is 4.37. The van der Waals surface area contributed by atoms with E-state index in [1.165, 1.54) is 36.8 Å². The van der Waals surface area contributed by atoms with Crippen molar-refractivity contribution in [3.8, 4) is 0 Å². The average molecular weight is 276 g/mol. The second-order valence-corrected chi connectivity index (χ2v) is 6.28. The summed E-state index contributed by atoms with van der Waals surface area (Å²) >= 11 is 0. The van der Waals surface area contributed by atoms with Gasteiger partial charge in [-0.25, -0.2) is 4.39 Å². The maximum atomic E-state index is 13.7. The van der Waals surface area contributed by atoms with Crippen molar-refractivity contribution in [2.24, 2.45) is 5.92 Å². The Labute approximate surface area is 121 Å². The number of halogens is 1. The van der Waals surface area contributed by atoms with E-state index in [4.69, 9.17) is 0 Å². The van der Waals surface area contributed by atoms with Crippen LogP contribution >= 0.6 is 0 Å². The molecule has 2 nitrogen and oxygen atoms in total. The molecule has 110 valence electrons. The third-order valence-electron chi connectivity index (χ3n) is 4.95. The topological polar surface area (TPSA) is 15.3 Å². The van der Waals surface area contributed by atoms with Crippen molar-refractivity contribution < 1.29 is 4.39 Å². The third kappa shape index (κ3) is 2.89. The van der Waals surface area contributed by atoms with Gasteiger partial charge < -0.3 is 5.32 Å². The van der Waals surface area contributed by atoms with Crippen molar-refractivity contribution in [3.63, 3.8) is 0 Å². The summed E-state index contributed by atoms with van der Waals surface area (Å²) in [5, 5.41) is 3.42. The molecule has 0 unspecified atom stereocenters. The lowest BCUT2D eigenvalue weighted by molar-refractivity contribution is 0.125. The molecule has 3 rings (SSSR count). The van der Waals surface area contributed by atoms with Gasteiger partial charge in [0.1, 0.15) is 5.82 Å². The summed E-state index contributed by atoms with van der Waals surface area (Å²) in [5.41, 5.74) is 2.46. The van der Waals surface area contributed by atoms with Crippen LogP contribution in [-0.4, -0.2) is 31.1 Å². The number of rotatable bonds is 3. The van der Waals surface area contributed by atoms with Gasteiger partial charge in [-0.15, -0.1) is 0 Å². The van der Waals surface area contributed by atoms with E-state index in [9.17, 15) is 4.39 Å². The fourth-order valence-electron chi connectivity index (χ4n) is 3.91. The van der Waals surface area contributed by atoms with E-state index in [0.717, 1.165) is 26.2 Å². The SMILES string of the molecule is Cc1ccc(F)cc1[C@H](C1CCCC1)N1CCNCC1. The first kappa shape index (κ1) is 14.0. The maximum Gasteiger partial charge on any atom is 0.123 e. The summed E-state index contributed by atoms with van der Waals surface area (Å²) in [5.74, 6) is 0.609. The van der Waals surface area contributed by atoms with Crippen LogP contribution in [0.15, 0.2) is 18.2 Å². The van der Waals surface area contributed by atoms with E-state index in [0.29, 0.717) is 12.0 Å². The van der Waals surface area contributed by atoms with Crippen LogP contribution in [0.1, 0.15) is 42.9 Å². The largest absolute Gasteiger partial charge is 0.314 e. The summed E-state index contributed by atoms with van der Waals surface area (Å²) in [4.78, 5) is 2.58. The van der Waals surface area contributed by atoms with Crippen LogP contribution in [-0.2, 0) is 0 Å². The molecule has 1 aromatic carbocycles. The van der Waals surface area contributed by atoms with Crippen LogP contribution < -0.4 is 5.32 Å². The Morgan fingerprint density at radius 3 is 2.60 bits per heavy atom. The number of hydrogen-bond donors (Lipinski definition) is 1. The molecule has 0 bridgehead atoms. The number of benzene rings is 1. The summed E-state index contributed by atoms with van der Waals surface area (Å²) in [6.07, 6.45) is 5.26. The molecule has 1 saturated carbocycles. The Hall–Kier alpha value is -0.930. The molecule has 2 fully saturated rings. The van der Waals surface area contributed by atoms with Crippen molar-refractivity contribution in [1.82, 2.24) is 10.2 Å². The molecule has 3 heteroatoms. The van der Waals surface area contributed by atoms with E-state index in [1.54, 1.807) is 12.1 Å². The van der Waals surface area contributed by atoms with Gasteiger partial charge in [0.2, 0.25) is 0 Å². The molecule has 1 aromatic rings. The number of nitrogens with zero attached hydrogens (tertiary/aromatic N) is 1. The highest BCUT2D eigenvalue weighted by atomic mass is 19.1. The van der Waals surface area contributed by atoms with Gasteiger partial charge in [0.15, 0.2) is 0 Å². The summed E-state index contributed by atoms with van der Waals surface area (Å²) in [6.45, 7) is 6.39. The van der Waals surface area contributed by atoms with Crippen LogP contribution in [0.4, 0.5) is 4.39 Å². The molecule has 0 radical (unpaired) electrons. The summed E-state index contributed by atoms with van der Waals surface area (Å²) in [7, 11) is 0. The van der Waals surface area contributed by atoms with Crippen LogP contribution in [0.25, 0.3) is 0 Å². The molecule has 0 amide bonds. The van der Waals surface area contributed by atoms with Crippen LogP contribution in [0, 0.1) is 18.7 Å². The molecule has 1 N–H and O–H groups in total. The zero-order chi connectivity index (χ0) is 13.9. The molecule has 0 aromatic heterocycles.